The fraction of sp³-hybridized carbons (Fsp3) is 0.864. The minimum Gasteiger partial charge on any atom is -0.468 e. The zero-order chi connectivity index (χ0) is 24.3. The van der Waals surface area contributed by atoms with Crippen molar-refractivity contribution in [2.75, 3.05) is 26.0 Å². The number of thioether (sulfide) groups is 1. The minimum atomic E-state index is -0.870. The van der Waals surface area contributed by atoms with Crippen LogP contribution in [0.1, 0.15) is 61.3 Å². The molecule has 0 aromatic carbocycles. The second kappa shape index (κ2) is 10.2. The molecule has 2 saturated heterocycles. The highest BCUT2D eigenvalue weighted by Crippen LogP contribution is 2.39. The first-order chi connectivity index (χ1) is 14.6. The third-order valence-corrected chi connectivity index (χ3v) is 6.86. The Morgan fingerprint density at radius 2 is 1.69 bits per heavy atom. The molecule has 0 radical (unpaired) electrons. The Kier molecular flexibility index (Phi) is 8.50. The SMILES string of the molecule is COC(=O)[C@@H]1CSC2(CCN(C(=O)[C@@H](NC(=O)OC(C)(C)C)[C@@H](C)OC(C)(C)C)CC2)N1. The fourth-order valence-corrected chi connectivity index (χ4v) is 5.33. The maximum atomic E-state index is 13.4. The highest BCUT2D eigenvalue weighted by molar-refractivity contribution is 8.01. The summed E-state index contributed by atoms with van der Waals surface area (Å²) in [4.78, 5) is 39.2. The molecule has 0 bridgehead atoms. The summed E-state index contributed by atoms with van der Waals surface area (Å²) in [5.41, 5.74) is -1.16. The summed E-state index contributed by atoms with van der Waals surface area (Å²) in [6, 6.07) is -1.20. The number of ether oxygens (including phenoxy) is 3. The monoisotopic (exact) mass is 473 g/mol. The summed E-state index contributed by atoms with van der Waals surface area (Å²) in [6.07, 6.45) is 0.200. The molecule has 9 nitrogen and oxygen atoms in total. The van der Waals surface area contributed by atoms with Crippen molar-refractivity contribution in [3.63, 3.8) is 0 Å². The van der Waals surface area contributed by atoms with Crippen LogP contribution in [0.3, 0.4) is 0 Å². The Hall–Kier alpha value is -1.52. The van der Waals surface area contributed by atoms with Crippen LogP contribution in [0.5, 0.6) is 0 Å². The average Bonchev–Trinajstić information content (AvgIpc) is 3.06. The van der Waals surface area contributed by atoms with E-state index in [1.165, 1.54) is 7.11 Å². The summed E-state index contributed by atoms with van der Waals surface area (Å²) in [5.74, 6) is 0.192. The third kappa shape index (κ3) is 7.52. The van der Waals surface area contributed by atoms with Gasteiger partial charge in [0.15, 0.2) is 0 Å². The molecule has 2 N–H and O–H groups in total. The Balaban J connectivity index is 2.06. The molecule has 2 heterocycles. The standard InChI is InChI=1S/C22H39N3O6S/c1-14(30-20(2,3)4)16(23-19(28)31-21(5,6)7)17(26)25-11-9-22(10-12-25)24-15(13-32-22)18(27)29-8/h14-16,24H,9-13H2,1-8H3,(H,23,28)/t14-,15+,16+/m1/s1. The molecule has 184 valence electrons. The number of carbonyl (C=O) groups excluding carboxylic acids is 3. The van der Waals surface area contributed by atoms with Gasteiger partial charge in [-0.25, -0.2) is 4.79 Å². The quantitative estimate of drug-likeness (QED) is 0.586. The van der Waals surface area contributed by atoms with E-state index in [4.69, 9.17) is 14.2 Å². The van der Waals surface area contributed by atoms with E-state index in [1.54, 1.807) is 44.4 Å². The molecule has 0 aliphatic carbocycles. The van der Waals surface area contributed by atoms with E-state index >= 15 is 0 Å². The number of hydrogen-bond acceptors (Lipinski definition) is 8. The van der Waals surface area contributed by atoms with E-state index in [9.17, 15) is 14.4 Å². The smallest absolute Gasteiger partial charge is 0.408 e. The maximum Gasteiger partial charge on any atom is 0.408 e. The van der Waals surface area contributed by atoms with Crippen LogP contribution in [0.2, 0.25) is 0 Å². The van der Waals surface area contributed by atoms with Crippen LogP contribution in [-0.2, 0) is 23.8 Å². The van der Waals surface area contributed by atoms with Gasteiger partial charge in [0.05, 0.1) is 23.7 Å². The summed E-state index contributed by atoms with van der Waals surface area (Å²) < 4.78 is 16.2. The van der Waals surface area contributed by atoms with E-state index in [1.807, 2.05) is 20.8 Å². The van der Waals surface area contributed by atoms with Crippen LogP contribution < -0.4 is 10.6 Å². The third-order valence-electron chi connectivity index (χ3n) is 5.28. The number of hydrogen-bond donors (Lipinski definition) is 2. The van der Waals surface area contributed by atoms with Gasteiger partial charge in [-0.3, -0.25) is 14.9 Å². The summed E-state index contributed by atoms with van der Waals surface area (Å²) in [6.45, 7) is 13.9. The Morgan fingerprint density at radius 1 is 1.09 bits per heavy atom. The van der Waals surface area contributed by atoms with Crippen molar-refractivity contribution in [3.8, 4) is 0 Å². The minimum absolute atomic E-state index is 0.199. The molecule has 2 amide bonds. The number of amides is 2. The lowest BCUT2D eigenvalue weighted by atomic mass is 10.0. The van der Waals surface area contributed by atoms with Crippen molar-refractivity contribution in [2.45, 2.75) is 95.6 Å². The van der Waals surface area contributed by atoms with Crippen LogP contribution in [0, 0.1) is 0 Å². The van der Waals surface area contributed by atoms with Gasteiger partial charge in [-0.2, -0.15) is 0 Å². The predicted octanol–water partition coefficient (Wildman–Crippen LogP) is 2.28. The predicted molar refractivity (Wildman–Crippen MR) is 123 cm³/mol. The number of carbonyl (C=O) groups is 3. The highest BCUT2D eigenvalue weighted by Gasteiger charge is 2.46. The molecule has 0 aromatic rings. The van der Waals surface area contributed by atoms with Gasteiger partial charge in [0.1, 0.15) is 17.7 Å². The van der Waals surface area contributed by atoms with Gasteiger partial charge >= 0.3 is 12.1 Å². The van der Waals surface area contributed by atoms with Gasteiger partial charge in [0.2, 0.25) is 5.91 Å². The number of rotatable bonds is 5. The van der Waals surface area contributed by atoms with Gasteiger partial charge in [-0.15, -0.1) is 11.8 Å². The number of nitrogens with zero attached hydrogens (tertiary/aromatic N) is 1. The first-order valence-corrected chi connectivity index (χ1v) is 12.1. The first kappa shape index (κ1) is 26.7. The normalized spacial score (nSPS) is 22.9. The van der Waals surface area contributed by atoms with E-state index in [0.29, 0.717) is 31.7 Å². The number of esters is 1. The van der Waals surface area contributed by atoms with Crippen LogP contribution in [0.15, 0.2) is 0 Å². The van der Waals surface area contributed by atoms with Crippen LogP contribution in [-0.4, -0.2) is 83.1 Å². The number of nitrogens with one attached hydrogen (secondary N) is 2. The van der Waals surface area contributed by atoms with E-state index in [-0.39, 0.29) is 22.8 Å². The number of methoxy groups -OCH3 is 1. The molecular weight excluding hydrogens is 434 g/mol. The van der Waals surface area contributed by atoms with Crippen LogP contribution in [0.4, 0.5) is 4.79 Å². The van der Waals surface area contributed by atoms with E-state index in [2.05, 4.69) is 10.6 Å². The molecule has 0 aromatic heterocycles. The summed E-state index contributed by atoms with van der Waals surface area (Å²) in [7, 11) is 1.39. The van der Waals surface area contributed by atoms with Crippen molar-refractivity contribution in [1.29, 1.82) is 0 Å². The first-order valence-electron chi connectivity index (χ1n) is 11.1. The zero-order valence-corrected chi connectivity index (χ0v) is 21.4. The molecule has 2 rings (SSSR count). The Labute approximate surface area is 195 Å². The van der Waals surface area contributed by atoms with Crippen LogP contribution in [0.25, 0.3) is 0 Å². The fourth-order valence-electron chi connectivity index (χ4n) is 3.93. The van der Waals surface area contributed by atoms with Gasteiger partial charge < -0.3 is 24.4 Å². The lowest BCUT2D eigenvalue weighted by Crippen LogP contribution is -2.59. The molecule has 3 atom stereocenters. The number of piperidine rings is 1. The summed E-state index contributed by atoms with van der Waals surface area (Å²) in [5, 5.41) is 6.12. The lowest BCUT2D eigenvalue weighted by Gasteiger charge is -2.41. The van der Waals surface area contributed by atoms with Gasteiger partial charge in [0, 0.05) is 18.8 Å². The topological polar surface area (TPSA) is 106 Å². The largest absolute Gasteiger partial charge is 0.468 e. The molecule has 10 heteroatoms. The molecule has 2 aliphatic rings. The van der Waals surface area contributed by atoms with E-state index < -0.39 is 29.4 Å². The molecule has 2 fully saturated rings. The zero-order valence-electron chi connectivity index (χ0n) is 20.6. The molecule has 2 aliphatic heterocycles. The molecule has 0 unspecified atom stereocenters. The maximum absolute atomic E-state index is 13.4. The van der Waals surface area contributed by atoms with Crippen molar-refractivity contribution in [3.05, 3.63) is 0 Å². The van der Waals surface area contributed by atoms with Gasteiger partial charge in [-0.1, -0.05) is 0 Å². The molecular formula is C22H39N3O6S. The van der Waals surface area contributed by atoms with E-state index in [0.717, 1.165) is 0 Å². The second-order valence-corrected chi connectivity index (χ2v) is 11.8. The summed E-state index contributed by atoms with van der Waals surface area (Å²) >= 11 is 1.71. The van der Waals surface area contributed by atoms with Crippen molar-refractivity contribution in [2.24, 2.45) is 0 Å². The molecule has 1 spiro atoms. The molecule has 32 heavy (non-hydrogen) atoms. The van der Waals surface area contributed by atoms with Gasteiger partial charge in [-0.05, 0) is 61.3 Å². The highest BCUT2D eigenvalue weighted by atomic mass is 32.2. The number of likely N-dealkylation sites (tertiary alicyclic amines) is 1. The second-order valence-electron chi connectivity index (χ2n) is 10.4. The van der Waals surface area contributed by atoms with Crippen LogP contribution >= 0.6 is 11.8 Å². The van der Waals surface area contributed by atoms with Crippen molar-refractivity contribution >= 4 is 29.7 Å². The lowest BCUT2D eigenvalue weighted by molar-refractivity contribution is -0.144. The number of alkyl carbamates (subject to hydrolysis) is 1. The molecule has 0 saturated carbocycles. The van der Waals surface area contributed by atoms with Crippen molar-refractivity contribution < 1.29 is 28.6 Å². The Bertz CT molecular complexity index is 695. The average molecular weight is 474 g/mol. The van der Waals surface area contributed by atoms with Crippen molar-refractivity contribution in [1.82, 2.24) is 15.5 Å². The Morgan fingerprint density at radius 3 is 2.19 bits per heavy atom. The van der Waals surface area contributed by atoms with Gasteiger partial charge in [0.25, 0.3) is 0 Å².